The van der Waals surface area contributed by atoms with E-state index < -0.39 is 0 Å². The number of carbonyl (C=O) groups is 3. The van der Waals surface area contributed by atoms with Gasteiger partial charge in [0.2, 0.25) is 5.91 Å². The summed E-state index contributed by atoms with van der Waals surface area (Å²) in [6.07, 6.45) is 5.03. The van der Waals surface area contributed by atoms with Gasteiger partial charge in [0, 0.05) is 69.9 Å². The van der Waals surface area contributed by atoms with Crippen molar-refractivity contribution in [1.29, 1.82) is 0 Å². The van der Waals surface area contributed by atoms with E-state index in [1.165, 1.54) is 35.7 Å². The third kappa shape index (κ3) is 6.73. The standard InChI is InChI=1S/C23H31N7OS.2CH2O/c1-14-13-32-21-20(14)27-22(17-4-5-17)28-23(21)25-15(2)12-29-6-8-30(9-7-29)18-10-19(24-11-18)26-16(3)31;2*1-2/h11,13,15,17H,4-10,12H2,1-3H3,(H,24,26,31)(H,25,27,28);2*1H2/t15-;;/m0../s1. The van der Waals surface area contributed by atoms with E-state index in [4.69, 9.17) is 19.6 Å². The molecule has 11 heteroatoms. The van der Waals surface area contributed by atoms with Gasteiger partial charge in [0.25, 0.3) is 0 Å². The molecule has 1 saturated heterocycles. The van der Waals surface area contributed by atoms with E-state index in [-0.39, 0.29) is 5.91 Å². The van der Waals surface area contributed by atoms with Crippen molar-refractivity contribution >= 4 is 52.7 Å². The van der Waals surface area contributed by atoms with Crippen LogP contribution in [0.4, 0.5) is 5.82 Å². The number of aliphatic imine (C=N–C) groups is 1. The molecule has 2 aliphatic heterocycles. The number of aromatic nitrogens is 2. The molecule has 0 radical (unpaired) electrons. The highest BCUT2D eigenvalue weighted by Gasteiger charge is 2.29. The number of nitrogens with zero attached hydrogens (tertiary/aromatic N) is 5. The summed E-state index contributed by atoms with van der Waals surface area (Å²) in [6, 6.07) is 0.300. The molecule has 2 fully saturated rings. The molecule has 2 N–H and O–H groups in total. The number of carbonyl (C=O) groups excluding carboxylic acids is 3. The van der Waals surface area contributed by atoms with E-state index in [0.717, 1.165) is 55.7 Å². The Morgan fingerprint density at radius 2 is 1.86 bits per heavy atom. The highest BCUT2D eigenvalue weighted by Crippen LogP contribution is 2.40. The highest BCUT2D eigenvalue weighted by atomic mass is 32.1. The first-order valence-corrected chi connectivity index (χ1v) is 12.9. The number of piperazine rings is 1. The summed E-state index contributed by atoms with van der Waals surface area (Å²) in [4.78, 5) is 46.2. The van der Waals surface area contributed by atoms with Crippen LogP contribution < -0.4 is 10.6 Å². The summed E-state index contributed by atoms with van der Waals surface area (Å²) in [5, 5.41) is 8.68. The van der Waals surface area contributed by atoms with Crippen LogP contribution in [-0.4, -0.2) is 83.9 Å². The maximum atomic E-state index is 11.2. The Bertz CT molecular complexity index is 1120. The summed E-state index contributed by atoms with van der Waals surface area (Å²) in [7, 11) is 0. The van der Waals surface area contributed by atoms with Crippen LogP contribution in [0, 0.1) is 6.92 Å². The van der Waals surface area contributed by atoms with Crippen molar-refractivity contribution in [2.75, 3.05) is 38.0 Å². The number of amides is 1. The Kier molecular flexibility index (Phi) is 9.65. The van der Waals surface area contributed by atoms with Gasteiger partial charge in [0.1, 0.15) is 31.1 Å². The molecule has 1 atom stereocenters. The van der Waals surface area contributed by atoms with E-state index >= 15 is 0 Å². The Labute approximate surface area is 215 Å². The number of hydrogen-bond donors (Lipinski definition) is 2. The fourth-order valence-electron chi connectivity index (χ4n) is 4.44. The molecule has 0 unspecified atom stereocenters. The van der Waals surface area contributed by atoms with Gasteiger partial charge in [-0.3, -0.25) is 9.69 Å². The second-order valence-electron chi connectivity index (χ2n) is 9.19. The minimum atomic E-state index is -0.0624. The first-order chi connectivity index (χ1) is 17.5. The van der Waals surface area contributed by atoms with E-state index in [0.29, 0.717) is 18.4 Å². The lowest BCUT2D eigenvalue weighted by Crippen LogP contribution is -2.48. The number of nitrogens with one attached hydrogen (secondary N) is 2. The minimum absolute atomic E-state index is 0.0624. The van der Waals surface area contributed by atoms with Crippen molar-refractivity contribution in [2.45, 2.75) is 52.0 Å². The lowest BCUT2D eigenvalue weighted by Gasteiger charge is -2.37. The van der Waals surface area contributed by atoms with Gasteiger partial charge < -0.3 is 25.1 Å². The number of hydrogen-bond acceptors (Lipinski definition) is 10. The Morgan fingerprint density at radius 3 is 2.50 bits per heavy atom. The molecule has 2 aromatic heterocycles. The summed E-state index contributed by atoms with van der Waals surface area (Å²) >= 11 is 1.74. The number of aryl methyl sites for hydroxylation is 1. The second-order valence-corrected chi connectivity index (χ2v) is 10.1. The molecule has 0 spiro atoms. The van der Waals surface area contributed by atoms with E-state index in [1.54, 1.807) is 11.3 Å². The zero-order valence-corrected chi connectivity index (χ0v) is 22.1. The van der Waals surface area contributed by atoms with Crippen LogP contribution in [0.1, 0.15) is 50.4 Å². The number of thiophene rings is 1. The largest absolute Gasteiger partial charge is 0.371 e. The predicted octanol–water partition coefficient (Wildman–Crippen LogP) is 2.71. The lowest BCUT2D eigenvalue weighted by molar-refractivity contribution is -0.117. The average molecular weight is 514 g/mol. The molecule has 1 amide bonds. The van der Waals surface area contributed by atoms with Crippen LogP contribution in [0.5, 0.6) is 0 Å². The van der Waals surface area contributed by atoms with Crippen LogP contribution in [-0.2, 0) is 14.4 Å². The Balaban J connectivity index is 0.000000861. The Morgan fingerprint density at radius 1 is 1.17 bits per heavy atom. The third-order valence-corrected chi connectivity index (χ3v) is 7.38. The van der Waals surface area contributed by atoms with Crippen molar-refractivity contribution in [3.63, 3.8) is 0 Å². The quantitative estimate of drug-likeness (QED) is 0.605. The van der Waals surface area contributed by atoms with Gasteiger partial charge in [-0.15, -0.1) is 11.3 Å². The fourth-order valence-corrected chi connectivity index (χ4v) is 5.38. The molecule has 0 aromatic carbocycles. The molecular formula is C25H35N7O3S. The van der Waals surface area contributed by atoms with Gasteiger partial charge >= 0.3 is 0 Å². The molecule has 4 heterocycles. The van der Waals surface area contributed by atoms with Crippen molar-refractivity contribution in [1.82, 2.24) is 25.1 Å². The SMILES string of the molecule is C=O.C=O.CC(=O)NC1=NC=C(N2CCN(C[C@H](C)Nc3nc(C4CC4)nc4c(C)csc34)CC2)C1. The molecule has 36 heavy (non-hydrogen) atoms. The molecule has 2 aromatic rings. The minimum Gasteiger partial charge on any atom is -0.371 e. The summed E-state index contributed by atoms with van der Waals surface area (Å²) in [6.45, 7) is 14.9. The Hall–Kier alpha value is -3.18. The average Bonchev–Trinajstić information content (AvgIpc) is 3.53. The molecule has 1 aliphatic carbocycles. The molecule has 1 saturated carbocycles. The smallest absolute Gasteiger partial charge is 0.222 e. The van der Waals surface area contributed by atoms with Crippen molar-refractivity contribution in [3.05, 3.63) is 28.7 Å². The van der Waals surface area contributed by atoms with Gasteiger partial charge in [0.15, 0.2) is 0 Å². The molecular weight excluding hydrogens is 478 g/mol. The van der Waals surface area contributed by atoms with E-state index in [2.05, 4.69) is 44.7 Å². The zero-order valence-electron chi connectivity index (χ0n) is 21.2. The van der Waals surface area contributed by atoms with Crippen molar-refractivity contribution < 1.29 is 14.4 Å². The van der Waals surface area contributed by atoms with Crippen LogP contribution in [0.3, 0.4) is 0 Å². The summed E-state index contributed by atoms with van der Waals surface area (Å²) < 4.78 is 1.17. The predicted molar refractivity (Wildman–Crippen MR) is 143 cm³/mol. The zero-order chi connectivity index (χ0) is 26.2. The molecule has 5 rings (SSSR count). The first kappa shape index (κ1) is 27.4. The molecule has 3 aliphatic rings. The third-order valence-electron chi connectivity index (χ3n) is 6.28. The maximum Gasteiger partial charge on any atom is 0.222 e. The number of fused-ring (bicyclic) bond motifs is 1. The first-order valence-electron chi connectivity index (χ1n) is 12.1. The van der Waals surface area contributed by atoms with Crippen LogP contribution >= 0.6 is 11.3 Å². The van der Waals surface area contributed by atoms with Crippen LogP contribution in [0.25, 0.3) is 10.2 Å². The monoisotopic (exact) mass is 513 g/mol. The normalized spacial score (nSPS) is 18.2. The maximum absolute atomic E-state index is 11.2. The van der Waals surface area contributed by atoms with E-state index in [1.807, 2.05) is 19.8 Å². The number of anilines is 1. The molecule has 194 valence electrons. The highest BCUT2D eigenvalue weighted by molar-refractivity contribution is 7.18. The van der Waals surface area contributed by atoms with Crippen molar-refractivity contribution in [3.8, 4) is 0 Å². The van der Waals surface area contributed by atoms with Gasteiger partial charge in [-0.05, 0) is 37.6 Å². The van der Waals surface area contributed by atoms with Crippen molar-refractivity contribution in [2.24, 2.45) is 4.99 Å². The lowest BCUT2D eigenvalue weighted by atomic mass is 10.2. The van der Waals surface area contributed by atoms with E-state index in [9.17, 15) is 4.79 Å². The topological polar surface area (TPSA) is 120 Å². The fraction of sp³-hybridized carbons (Fsp3) is 0.520. The number of rotatable bonds is 6. The molecule has 0 bridgehead atoms. The van der Waals surface area contributed by atoms with Gasteiger partial charge in [-0.1, -0.05) is 0 Å². The molecule has 10 nitrogen and oxygen atoms in total. The number of amidine groups is 1. The van der Waals surface area contributed by atoms with Gasteiger partial charge in [-0.25, -0.2) is 15.0 Å². The van der Waals surface area contributed by atoms with Gasteiger partial charge in [-0.2, -0.15) is 0 Å². The second kappa shape index (κ2) is 12.7. The van der Waals surface area contributed by atoms with Gasteiger partial charge in [0.05, 0.1) is 10.2 Å². The summed E-state index contributed by atoms with van der Waals surface area (Å²) in [5.41, 5.74) is 3.55. The van der Waals surface area contributed by atoms with Crippen LogP contribution in [0.15, 0.2) is 22.3 Å². The summed E-state index contributed by atoms with van der Waals surface area (Å²) in [5.74, 6) is 3.24. The van der Waals surface area contributed by atoms with Crippen LogP contribution in [0.2, 0.25) is 0 Å².